The summed E-state index contributed by atoms with van der Waals surface area (Å²) in [7, 11) is 2.04. The predicted molar refractivity (Wildman–Crippen MR) is 130 cm³/mol. The molecule has 168 valence electrons. The van der Waals surface area contributed by atoms with Gasteiger partial charge in [0.05, 0.1) is 11.4 Å². The fraction of sp³-hybridized carbons (Fsp3) is 0.296. The number of nitrogens with zero attached hydrogens (tertiary/aromatic N) is 4. The van der Waals surface area contributed by atoms with Crippen molar-refractivity contribution < 1.29 is 4.39 Å². The third kappa shape index (κ3) is 3.45. The van der Waals surface area contributed by atoms with Gasteiger partial charge in [-0.05, 0) is 73.0 Å². The Morgan fingerprint density at radius 2 is 1.91 bits per heavy atom. The van der Waals surface area contributed by atoms with Crippen LogP contribution in [-0.2, 0) is 6.54 Å². The van der Waals surface area contributed by atoms with Crippen LogP contribution in [0.25, 0.3) is 28.3 Å². The SMILES string of the molecule is CNC[C@H]1CN(c2ccc3c(c2)Cn2cc(-c4ccc(F)cc4)cc2-c2nccn2-3)C[C@H]1C. The van der Waals surface area contributed by atoms with E-state index in [0.29, 0.717) is 11.8 Å². The third-order valence-corrected chi connectivity index (χ3v) is 7.21. The molecule has 0 unspecified atom stereocenters. The van der Waals surface area contributed by atoms with Crippen molar-refractivity contribution in [2.75, 3.05) is 31.6 Å². The molecule has 5 nitrogen and oxygen atoms in total. The van der Waals surface area contributed by atoms with Crippen LogP contribution in [0.3, 0.4) is 0 Å². The van der Waals surface area contributed by atoms with Gasteiger partial charge < -0.3 is 14.8 Å². The van der Waals surface area contributed by atoms with Crippen LogP contribution in [0.2, 0.25) is 0 Å². The zero-order valence-corrected chi connectivity index (χ0v) is 19.0. The highest BCUT2D eigenvalue weighted by atomic mass is 19.1. The molecule has 2 aliphatic rings. The first kappa shape index (κ1) is 20.2. The fourth-order valence-corrected chi connectivity index (χ4v) is 5.40. The molecular weight excluding hydrogens is 413 g/mol. The Balaban J connectivity index is 1.39. The van der Waals surface area contributed by atoms with Gasteiger partial charge in [0.2, 0.25) is 0 Å². The molecule has 1 saturated heterocycles. The van der Waals surface area contributed by atoms with Crippen LogP contribution < -0.4 is 10.2 Å². The molecule has 0 bridgehead atoms. The Kier molecular flexibility index (Phi) is 4.84. The first-order chi connectivity index (χ1) is 16.1. The summed E-state index contributed by atoms with van der Waals surface area (Å²) < 4.78 is 17.9. The summed E-state index contributed by atoms with van der Waals surface area (Å²) in [6.45, 7) is 6.35. The average Bonchev–Trinajstić information content (AvgIpc) is 3.52. The molecule has 0 saturated carbocycles. The van der Waals surface area contributed by atoms with Crippen LogP contribution in [0.4, 0.5) is 10.1 Å². The molecule has 2 aromatic carbocycles. The average molecular weight is 442 g/mol. The quantitative estimate of drug-likeness (QED) is 0.435. The van der Waals surface area contributed by atoms with Crippen molar-refractivity contribution in [3.05, 3.63) is 78.5 Å². The van der Waals surface area contributed by atoms with E-state index in [2.05, 4.69) is 61.7 Å². The molecule has 0 radical (unpaired) electrons. The van der Waals surface area contributed by atoms with Crippen LogP contribution in [-0.4, -0.2) is 40.8 Å². The lowest BCUT2D eigenvalue weighted by Gasteiger charge is -2.21. The maximum Gasteiger partial charge on any atom is 0.161 e. The normalized spacial score (nSPS) is 19.2. The number of rotatable bonds is 4. The number of imidazole rings is 1. The minimum Gasteiger partial charge on any atom is -0.371 e. The molecule has 0 aliphatic carbocycles. The molecule has 1 N–H and O–H groups in total. The maximum absolute atomic E-state index is 13.4. The summed E-state index contributed by atoms with van der Waals surface area (Å²) in [6.07, 6.45) is 6.05. The van der Waals surface area contributed by atoms with Gasteiger partial charge in [0.1, 0.15) is 5.82 Å². The van der Waals surface area contributed by atoms with Gasteiger partial charge >= 0.3 is 0 Å². The number of hydrogen-bond donors (Lipinski definition) is 1. The van der Waals surface area contributed by atoms with Gasteiger partial charge in [-0.25, -0.2) is 9.37 Å². The van der Waals surface area contributed by atoms with Crippen LogP contribution in [0, 0.1) is 17.7 Å². The fourth-order valence-electron chi connectivity index (χ4n) is 5.40. The van der Waals surface area contributed by atoms with E-state index in [0.717, 1.165) is 48.8 Å². The van der Waals surface area contributed by atoms with E-state index >= 15 is 0 Å². The largest absolute Gasteiger partial charge is 0.371 e. The molecule has 2 aromatic heterocycles. The third-order valence-electron chi connectivity index (χ3n) is 7.21. The summed E-state index contributed by atoms with van der Waals surface area (Å²) in [6, 6.07) is 15.7. The molecule has 0 spiro atoms. The lowest BCUT2D eigenvalue weighted by Crippen LogP contribution is -2.25. The lowest BCUT2D eigenvalue weighted by atomic mass is 9.98. The molecule has 2 atom stereocenters. The number of aromatic nitrogens is 3. The molecular formula is C27H28FN5. The standard InChI is InChI=1S/C27H28FN5/c1-18-14-31(17-22(18)13-29-2)24-7-8-25-21(11-24)16-32-15-20(19-3-5-23(28)6-4-19)12-26(32)27-30-9-10-33(25)27/h3-12,15,18,22,29H,13-14,16-17H2,1-2H3/t18-,22+/m1/s1. The van der Waals surface area contributed by atoms with E-state index in [1.165, 1.54) is 29.1 Å². The summed E-state index contributed by atoms with van der Waals surface area (Å²) in [5.74, 6) is 2.05. The van der Waals surface area contributed by atoms with Gasteiger partial charge in [0.25, 0.3) is 0 Å². The van der Waals surface area contributed by atoms with E-state index in [1.54, 1.807) is 0 Å². The van der Waals surface area contributed by atoms with Crippen LogP contribution in [0.5, 0.6) is 0 Å². The number of benzene rings is 2. The summed E-state index contributed by atoms with van der Waals surface area (Å²) in [5.41, 5.74) is 6.89. The van der Waals surface area contributed by atoms with E-state index < -0.39 is 0 Å². The second-order valence-corrected chi connectivity index (χ2v) is 9.38. The van der Waals surface area contributed by atoms with Crippen molar-refractivity contribution in [1.82, 2.24) is 19.4 Å². The number of anilines is 1. The molecule has 4 heterocycles. The topological polar surface area (TPSA) is 38.0 Å². The van der Waals surface area contributed by atoms with Crippen molar-refractivity contribution >= 4 is 5.69 Å². The van der Waals surface area contributed by atoms with Gasteiger partial charge in [0.15, 0.2) is 5.82 Å². The molecule has 6 heteroatoms. The van der Waals surface area contributed by atoms with Crippen molar-refractivity contribution in [2.45, 2.75) is 13.5 Å². The van der Waals surface area contributed by atoms with Crippen molar-refractivity contribution in [2.24, 2.45) is 11.8 Å². The maximum atomic E-state index is 13.4. The van der Waals surface area contributed by atoms with Gasteiger partial charge in [-0.2, -0.15) is 0 Å². The highest BCUT2D eigenvalue weighted by Crippen LogP contribution is 2.36. The molecule has 4 aromatic rings. The highest BCUT2D eigenvalue weighted by molar-refractivity contribution is 5.72. The van der Waals surface area contributed by atoms with Crippen LogP contribution in [0.15, 0.2) is 67.1 Å². The monoisotopic (exact) mass is 441 g/mol. The molecule has 2 aliphatic heterocycles. The van der Waals surface area contributed by atoms with E-state index in [1.807, 2.05) is 31.6 Å². The van der Waals surface area contributed by atoms with E-state index in [4.69, 9.17) is 0 Å². The minimum atomic E-state index is -0.218. The van der Waals surface area contributed by atoms with E-state index in [9.17, 15) is 4.39 Å². The number of halogens is 1. The van der Waals surface area contributed by atoms with Gasteiger partial charge in [0, 0.05) is 49.5 Å². The second kappa shape index (κ2) is 7.89. The first-order valence-corrected chi connectivity index (χ1v) is 11.6. The Labute approximate surface area is 193 Å². The van der Waals surface area contributed by atoms with Crippen molar-refractivity contribution in [1.29, 1.82) is 0 Å². The Bertz CT molecular complexity index is 1300. The first-order valence-electron chi connectivity index (χ1n) is 11.6. The second-order valence-electron chi connectivity index (χ2n) is 9.38. The number of nitrogens with one attached hydrogen (secondary N) is 1. The Morgan fingerprint density at radius 3 is 2.73 bits per heavy atom. The Morgan fingerprint density at radius 1 is 1.06 bits per heavy atom. The van der Waals surface area contributed by atoms with Crippen molar-refractivity contribution in [3.63, 3.8) is 0 Å². The molecule has 6 rings (SSSR count). The van der Waals surface area contributed by atoms with Gasteiger partial charge in [-0.15, -0.1) is 0 Å². The smallest absolute Gasteiger partial charge is 0.161 e. The van der Waals surface area contributed by atoms with Crippen molar-refractivity contribution in [3.8, 4) is 28.3 Å². The highest BCUT2D eigenvalue weighted by Gasteiger charge is 2.30. The van der Waals surface area contributed by atoms with Gasteiger partial charge in [-0.3, -0.25) is 4.57 Å². The molecule has 0 amide bonds. The van der Waals surface area contributed by atoms with Gasteiger partial charge in [-0.1, -0.05) is 19.1 Å². The summed E-state index contributed by atoms with van der Waals surface area (Å²) in [4.78, 5) is 7.20. The lowest BCUT2D eigenvalue weighted by molar-refractivity contribution is 0.435. The zero-order valence-electron chi connectivity index (χ0n) is 19.0. The van der Waals surface area contributed by atoms with E-state index in [-0.39, 0.29) is 5.82 Å². The summed E-state index contributed by atoms with van der Waals surface area (Å²) in [5, 5.41) is 3.35. The zero-order chi connectivity index (χ0) is 22.5. The van der Waals surface area contributed by atoms with Crippen LogP contribution >= 0.6 is 0 Å². The minimum absolute atomic E-state index is 0.218. The predicted octanol–water partition coefficient (Wildman–Crippen LogP) is 4.80. The molecule has 33 heavy (non-hydrogen) atoms. The number of fused-ring (bicyclic) bond motifs is 5. The van der Waals surface area contributed by atoms with Crippen LogP contribution in [0.1, 0.15) is 12.5 Å². The summed E-state index contributed by atoms with van der Waals surface area (Å²) >= 11 is 0. The molecule has 1 fully saturated rings. The Hall–Kier alpha value is -3.38. The number of hydrogen-bond acceptors (Lipinski definition) is 3.